The second-order valence-corrected chi connectivity index (χ2v) is 4.61. The summed E-state index contributed by atoms with van der Waals surface area (Å²) in [6, 6.07) is 16.9. The van der Waals surface area contributed by atoms with Gasteiger partial charge in [-0.25, -0.2) is 9.82 Å². The number of hydrazine groups is 1. The molecule has 3 N–H and O–H groups in total. The topological polar surface area (TPSA) is 50.9 Å². The average molecular weight is 267 g/mol. The van der Waals surface area contributed by atoms with Crippen molar-refractivity contribution in [1.29, 1.82) is 0 Å². The van der Waals surface area contributed by atoms with Gasteiger partial charge in [-0.3, -0.25) is 10.8 Å². The van der Waals surface area contributed by atoms with Crippen LogP contribution < -0.4 is 11.3 Å². The van der Waals surface area contributed by atoms with E-state index in [1.807, 2.05) is 30.3 Å². The standard InChI is InChI=1S/C16H14FN3/c17-14-7-8-15(19-10-14)16(20-18)13-6-5-11-3-1-2-4-12(11)9-13/h1-10,16,20H,18H2. The molecular weight excluding hydrogens is 253 g/mol. The van der Waals surface area contributed by atoms with Crippen molar-refractivity contribution in [2.75, 3.05) is 0 Å². The Balaban J connectivity index is 2.04. The first-order valence-corrected chi connectivity index (χ1v) is 6.34. The van der Waals surface area contributed by atoms with Gasteiger partial charge >= 0.3 is 0 Å². The largest absolute Gasteiger partial charge is 0.271 e. The van der Waals surface area contributed by atoms with Gasteiger partial charge in [0.2, 0.25) is 0 Å². The van der Waals surface area contributed by atoms with E-state index in [2.05, 4.69) is 22.5 Å². The van der Waals surface area contributed by atoms with Crippen LogP contribution in [0.4, 0.5) is 4.39 Å². The van der Waals surface area contributed by atoms with Gasteiger partial charge in [0.1, 0.15) is 5.82 Å². The zero-order chi connectivity index (χ0) is 13.9. The molecule has 0 saturated carbocycles. The summed E-state index contributed by atoms with van der Waals surface area (Å²) >= 11 is 0. The zero-order valence-electron chi connectivity index (χ0n) is 10.8. The molecule has 4 heteroatoms. The molecule has 0 radical (unpaired) electrons. The highest BCUT2D eigenvalue weighted by atomic mass is 19.1. The van der Waals surface area contributed by atoms with Crippen LogP contribution in [0.15, 0.2) is 60.8 Å². The van der Waals surface area contributed by atoms with Gasteiger partial charge in [-0.1, -0.05) is 36.4 Å². The lowest BCUT2D eigenvalue weighted by molar-refractivity contribution is 0.597. The van der Waals surface area contributed by atoms with Crippen molar-refractivity contribution in [3.8, 4) is 0 Å². The van der Waals surface area contributed by atoms with Crippen molar-refractivity contribution >= 4 is 10.8 Å². The number of pyridine rings is 1. The van der Waals surface area contributed by atoms with E-state index < -0.39 is 0 Å². The van der Waals surface area contributed by atoms with Crippen molar-refractivity contribution in [3.63, 3.8) is 0 Å². The first-order valence-electron chi connectivity index (χ1n) is 6.34. The maximum absolute atomic E-state index is 13.0. The molecule has 0 fully saturated rings. The summed E-state index contributed by atoms with van der Waals surface area (Å²) in [6.07, 6.45) is 1.20. The lowest BCUT2D eigenvalue weighted by Gasteiger charge is -2.16. The van der Waals surface area contributed by atoms with Crippen LogP contribution in [0.3, 0.4) is 0 Å². The Hall–Kier alpha value is -2.30. The molecule has 0 spiro atoms. The molecular formula is C16H14FN3. The number of hydrogen-bond acceptors (Lipinski definition) is 3. The van der Waals surface area contributed by atoms with E-state index in [1.54, 1.807) is 6.07 Å². The maximum Gasteiger partial charge on any atom is 0.141 e. The van der Waals surface area contributed by atoms with Crippen molar-refractivity contribution in [1.82, 2.24) is 10.4 Å². The van der Waals surface area contributed by atoms with E-state index in [0.717, 1.165) is 10.9 Å². The lowest BCUT2D eigenvalue weighted by atomic mass is 10.00. The summed E-state index contributed by atoms with van der Waals surface area (Å²) < 4.78 is 13.0. The molecule has 3 nitrogen and oxygen atoms in total. The molecule has 1 heterocycles. The van der Waals surface area contributed by atoms with Gasteiger partial charge in [-0.05, 0) is 34.5 Å². The average Bonchev–Trinajstić information content (AvgIpc) is 2.50. The number of halogens is 1. The fourth-order valence-electron chi connectivity index (χ4n) is 2.30. The first-order chi connectivity index (χ1) is 9.78. The molecule has 0 aliphatic heterocycles. The fraction of sp³-hybridized carbons (Fsp3) is 0.0625. The normalized spacial score (nSPS) is 12.5. The minimum Gasteiger partial charge on any atom is -0.271 e. The van der Waals surface area contributed by atoms with Gasteiger partial charge < -0.3 is 0 Å². The number of nitrogens with one attached hydrogen (secondary N) is 1. The number of nitrogens with zero attached hydrogens (tertiary/aromatic N) is 1. The van der Waals surface area contributed by atoms with Gasteiger partial charge in [-0.2, -0.15) is 0 Å². The smallest absolute Gasteiger partial charge is 0.141 e. The first kappa shape index (κ1) is 12.7. The Bertz CT molecular complexity index is 725. The molecule has 1 atom stereocenters. The molecule has 0 aliphatic carbocycles. The van der Waals surface area contributed by atoms with Crippen molar-refractivity contribution in [2.24, 2.45) is 5.84 Å². The van der Waals surface area contributed by atoms with E-state index in [9.17, 15) is 4.39 Å². The number of nitrogens with two attached hydrogens (primary N) is 1. The van der Waals surface area contributed by atoms with Crippen LogP contribution in [0.2, 0.25) is 0 Å². The number of fused-ring (bicyclic) bond motifs is 1. The Kier molecular flexibility index (Phi) is 3.41. The number of benzene rings is 2. The van der Waals surface area contributed by atoms with Crippen LogP contribution in [0.1, 0.15) is 17.3 Å². The highest BCUT2D eigenvalue weighted by Gasteiger charge is 2.14. The zero-order valence-corrected chi connectivity index (χ0v) is 10.8. The maximum atomic E-state index is 13.0. The summed E-state index contributed by atoms with van der Waals surface area (Å²) in [5.41, 5.74) is 4.41. The predicted molar refractivity (Wildman–Crippen MR) is 77.3 cm³/mol. The molecule has 0 amide bonds. The minimum absolute atomic E-state index is 0.264. The van der Waals surface area contributed by atoms with E-state index in [-0.39, 0.29) is 11.9 Å². The van der Waals surface area contributed by atoms with Crippen molar-refractivity contribution in [3.05, 3.63) is 77.9 Å². The lowest BCUT2D eigenvalue weighted by Crippen LogP contribution is -2.29. The number of hydrogen-bond donors (Lipinski definition) is 2. The summed E-state index contributed by atoms with van der Waals surface area (Å²) in [6.45, 7) is 0. The third-order valence-electron chi connectivity index (χ3n) is 3.32. The summed E-state index contributed by atoms with van der Waals surface area (Å²) in [5.74, 6) is 5.28. The van der Waals surface area contributed by atoms with E-state index in [4.69, 9.17) is 5.84 Å². The van der Waals surface area contributed by atoms with Gasteiger partial charge in [-0.15, -0.1) is 0 Å². The van der Waals surface area contributed by atoms with E-state index in [1.165, 1.54) is 17.6 Å². The highest BCUT2D eigenvalue weighted by Crippen LogP contribution is 2.24. The molecule has 3 rings (SSSR count). The summed E-state index contributed by atoms with van der Waals surface area (Å²) in [7, 11) is 0. The van der Waals surface area contributed by atoms with Crippen LogP contribution in [-0.2, 0) is 0 Å². The van der Waals surface area contributed by atoms with E-state index in [0.29, 0.717) is 5.69 Å². The fourth-order valence-corrected chi connectivity index (χ4v) is 2.30. The molecule has 0 saturated heterocycles. The highest BCUT2D eigenvalue weighted by molar-refractivity contribution is 5.83. The van der Waals surface area contributed by atoms with Gasteiger partial charge in [0, 0.05) is 0 Å². The van der Waals surface area contributed by atoms with Crippen molar-refractivity contribution < 1.29 is 4.39 Å². The second kappa shape index (κ2) is 5.36. The predicted octanol–water partition coefficient (Wildman–Crippen LogP) is 2.93. The SMILES string of the molecule is NNC(c1ccc2ccccc2c1)c1ccc(F)cn1. The molecule has 100 valence electrons. The Labute approximate surface area is 116 Å². The second-order valence-electron chi connectivity index (χ2n) is 4.61. The minimum atomic E-state index is -0.358. The van der Waals surface area contributed by atoms with Crippen LogP contribution in [0, 0.1) is 5.82 Å². The van der Waals surface area contributed by atoms with Crippen molar-refractivity contribution in [2.45, 2.75) is 6.04 Å². The van der Waals surface area contributed by atoms with Gasteiger partial charge in [0.15, 0.2) is 0 Å². The van der Waals surface area contributed by atoms with Crippen LogP contribution in [-0.4, -0.2) is 4.98 Å². The third kappa shape index (κ3) is 2.39. The van der Waals surface area contributed by atoms with E-state index >= 15 is 0 Å². The van der Waals surface area contributed by atoms with Gasteiger partial charge in [0.05, 0.1) is 17.9 Å². The quantitative estimate of drug-likeness (QED) is 0.566. The van der Waals surface area contributed by atoms with Crippen LogP contribution in [0.25, 0.3) is 10.8 Å². The summed E-state index contributed by atoms with van der Waals surface area (Å²) in [4.78, 5) is 4.09. The molecule has 1 aromatic heterocycles. The molecule has 1 unspecified atom stereocenters. The number of rotatable bonds is 3. The molecule has 0 bridgehead atoms. The Morgan fingerprint density at radius 3 is 2.50 bits per heavy atom. The molecule has 3 aromatic rings. The molecule has 20 heavy (non-hydrogen) atoms. The Morgan fingerprint density at radius 1 is 1.00 bits per heavy atom. The van der Waals surface area contributed by atoms with Crippen LogP contribution >= 0.6 is 0 Å². The third-order valence-corrected chi connectivity index (χ3v) is 3.32. The van der Waals surface area contributed by atoms with Crippen LogP contribution in [0.5, 0.6) is 0 Å². The molecule has 0 aliphatic rings. The Morgan fingerprint density at radius 2 is 1.80 bits per heavy atom. The monoisotopic (exact) mass is 267 g/mol. The summed E-state index contributed by atoms with van der Waals surface area (Å²) in [5, 5.41) is 2.30. The molecule has 2 aromatic carbocycles. The van der Waals surface area contributed by atoms with Gasteiger partial charge in [0.25, 0.3) is 0 Å². The number of aromatic nitrogens is 1.